The molecule has 1 heterocycles. The fourth-order valence-electron chi connectivity index (χ4n) is 2.06. The molecule has 106 valence electrons. The first-order valence-electron chi connectivity index (χ1n) is 6.60. The zero-order valence-electron chi connectivity index (χ0n) is 11.8. The second kappa shape index (κ2) is 6.68. The van der Waals surface area contributed by atoms with E-state index in [1.54, 1.807) is 29.5 Å². The van der Waals surface area contributed by atoms with Gasteiger partial charge in [0.1, 0.15) is 5.75 Å². The van der Waals surface area contributed by atoms with Crippen molar-refractivity contribution < 1.29 is 9.90 Å². The monoisotopic (exact) mass is 289 g/mol. The number of aromatic hydroxyl groups is 1. The molecule has 1 N–H and O–H groups in total. The number of phenols is 1. The maximum atomic E-state index is 11.4. The van der Waals surface area contributed by atoms with E-state index in [2.05, 4.69) is 22.4 Å². The lowest BCUT2D eigenvalue weighted by atomic mass is 10.1. The summed E-state index contributed by atoms with van der Waals surface area (Å²) in [5.74, 6) is 0.269. The van der Waals surface area contributed by atoms with E-state index in [9.17, 15) is 9.90 Å². The molecule has 0 atom stereocenters. The van der Waals surface area contributed by atoms with Crippen LogP contribution in [0, 0.1) is 0 Å². The van der Waals surface area contributed by atoms with E-state index in [1.807, 2.05) is 7.05 Å². The highest BCUT2D eigenvalue weighted by Gasteiger charge is 2.09. The van der Waals surface area contributed by atoms with Crippen molar-refractivity contribution in [3.05, 3.63) is 51.7 Å². The third-order valence-electron chi connectivity index (χ3n) is 3.25. The summed E-state index contributed by atoms with van der Waals surface area (Å²) < 4.78 is 0. The van der Waals surface area contributed by atoms with Gasteiger partial charge in [0.15, 0.2) is 5.78 Å². The van der Waals surface area contributed by atoms with Gasteiger partial charge in [0.25, 0.3) is 0 Å². The SMILES string of the molecule is CC(=O)c1ccc(O)c(CN(C)CCc2cccs2)c1. The molecule has 0 unspecified atom stereocenters. The molecule has 4 heteroatoms. The molecular formula is C16H19NO2S. The Morgan fingerprint density at radius 3 is 2.80 bits per heavy atom. The summed E-state index contributed by atoms with van der Waals surface area (Å²) in [6.07, 6.45) is 1.00. The van der Waals surface area contributed by atoms with Gasteiger partial charge in [-0.15, -0.1) is 11.3 Å². The predicted molar refractivity (Wildman–Crippen MR) is 82.5 cm³/mol. The lowest BCUT2D eigenvalue weighted by Gasteiger charge is -2.17. The van der Waals surface area contributed by atoms with E-state index in [-0.39, 0.29) is 11.5 Å². The summed E-state index contributed by atoms with van der Waals surface area (Å²) >= 11 is 1.76. The number of hydrogen-bond donors (Lipinski definition) is 1. The van der Waals surface area contributed by atoms with Crippen LogP contribution in [0.15, 0.2) is 35.7 Å². The van der Waals surface area contributed by atoms with Crippen LogP contribution < -0.4 is 0 Å². The van der Waals surface area contributed by atoms with Gasteiger partial charge < -0.3 is 10.0 Å². The number of benzene rings is 1. The van der Waals surface area contributed by atoms with Crippen LogP contribution in [-0.2, 0) is 13.0 Å². The quantitative estimate of drug-likeness (QED) is 0.829. The number of phenolic OH excluding ortho intramolecular Hbond substituents is 1. The van der Waals surface area contributed by atoms with Gasteiger partial charge in [0, 0.05) is 29.1 Å². The number of carbonyl (C=O) groups excluding carboxylic acids is 1. The molecule has 0 aliphatic rings. The van der Waals surface area contributed by atoms with Crippen molar-refractivity contribution in [1.82, 2.24) is 4.90 Å². The standard InChI is InChI=1S/C16H19NO2S/c1-12(18)13-5-6-16(19)14(10-13)11-17(2)8-7-15-4-3-9-20-15/h3-6,9-10,19H,7-8,11H2,1-2H3. The molecule has 0 saturated carbocycles. The minimum absolute atomic E-state index is 0.0208. The molecule has 2 rings (SSSR count). The van der Waals surface area contributed by atoms with Gasteiger partial charge in [-0.1, -0.05) is 6.07 Å². The second-order valence-electron chi connectivity index (χ2n) is 4.97. The van der Waals surface area contributed by atoms with Crippen LogP contribution in [0.4, 0.5) is 0 Å². The number of thiophene rings is 1. The Bertz CT molecular complexity index is 578. The predicted octanol–water partition coefficient (Wildman–Crippen LogP) is 3.33. The Hall–Kier alpha value is -1.65. The van der Waals surface area contributed by atoms with Crippen molar-refractivity contribution in [2.24, 2.45) is 0 Å². The zero-order valence-corrected chi connectivity index (χ0v) is 12.6. The van der Waals surface area contributed by atoms with Crippen LogP contribution in [0.3, 0.4) is 0 Å². The van der Waals surface area contributed by atoms with Gasteiger partial charge in [-0.25, -0.2) is 0 Å². The van der Waals surface area contributed by atoms with E-state index >= 15 is 0 Å². The molecule has 0 saturated heterocycles. The maximum Gasteiger partial charge on any atom is 0.159 e. The lowest BCUT2D eigenvalue weighted by molar-refractivity contribution is 0.101. The van der Waals surface area contributed by atoms with Gasteiger partial charge in [-0.3, -0.25) is 4.79 Å². The van der Waals surface area contributed by atoms with Crippen molar-refractivity contribution in [3.8, 4) is 5.75 Å². The smallest absolute Gasteiger partial charge is 0.159 e. The summed E-state index contributed by atoms with van der Waals surface area (Å²) in [4.78, 5) is 14.9. The summed E-state index contributed by atoms with van der Waals surface area (Å²) in [6.45, 7) is 3.10. The van der Waals surface area contributed by atoms with Crippen LogP contribution in [-0.4, -0.2) is 29.4 Å². The summed E-state index contributed by atoms with van der Waals surface area (Å²) in [6, 6.07) is 9.22. The topological polar surface area (TPSA) is 40.5 Å². The Labute approximate surface area is 123 Å². The first kappa shape index (κ1) is 14.8. The highest BCUT2D eigenvalue weighted by Crippen LogP contribution is 2.20. The normalized spacial score (nSPS) is 10.9. The Balaban J connectivity index is 1.98. The van der Waals surface area contributed by atoms with Gasteiger partial charge in [-0.05, 0) is 50.0 Å². The van der Waals surface area contributed by atoms with Crippen LogP contribution >= 0.6 is 11.3 Å². The van der Waals surface area contributed by atoms with Crippen molar-refractivity contribution >= 4 is 17.1 Å². The number of rotatable bonds is 6. The molecule has 2 aromatic rings. The van der Waals surface area contributed by atoms with Crippen LogP contribution in [0.25, 0.3) is 0 Å². The van der Waals surface area contributed by atoms with Crippen LogP contribution in [0.5, 0.6) is 5.75 Å². The van der Waals surface area contributed by atoms with E-state index in [0.717, 1.165) is 18.5 Å². The molecule has 0 amide bonds. The average Bonchev–Trinajstić information content (AvgIpc) is 2.92. The molecule has 0 aliphatic carbocycles. The lowest BCUT2D eigenvalue weighted by Crippen LogP contribution is -2.20. The van der Waals surface area contributed by atoms with Crippen molar-refractivity contribution in [3.63, 3.8) is 0 Å². The zero-order chi connectivity index (χ0) is 14.5. The van der Waals surface area contributed by atoms with Crippen LogP contribution in [0.1, 0.15) is 27.7 Å². The number of likely N-dealkylation sites (N-methyl/N-ethyl adjacent to an activating group) is 1. The molecule has 0 bridgehead atoms. The average molecular weight is 289 g/mol. The minimum Gasteiger partial charge on any atom is -0.508 e. The molecule has 0 fully saturated rings. The number of Topliss-reactive ketones (excluding diaryl/α,β-unsaturated/α-hetero) is 1. The number of nitrogens with zero attached hydrogens (tertiary/aromatic N) is 1. The van der Waals surface area contributed by atoms with E-state index in [1.165, 1.54) is 11.8 Å². The maximum absolute atomic E-state index is 11.4. The fourth-order valence-corrected chi connectivity index (χ4v) is 2.76. The van der Waals surface area contributed by atoms with E-state index in [0.29, 0.717) is 12.1 Å². The van der Waals surface area contributed by atoms with Crippen molar-refractivity contribution in [2.45, 2.75) is 19.9 Å². The Morgan fingerprint density at radius 2 is 2.15 bits per heavy atom. The molecular weight excluding hydrogens is 270 g/mol. The van der Waals surface area contributed by atoms with Gasteiger partial charge in [0.2, 0.25) is 0 Å². The van der Waals surface area contributed by atoms with Gasteiger partial charge >= 0.3 is 0 Å². The summed E-state index contributed by atoms with van der Waals surface area (Å²) in [7, 11) is 2.02. The first-order valence-corrected chi connectivity index (χ1v) is 7.48. The third-order valence-corrected chi connectivity index (χ3v) is 4.18. The Kier molecular flexibility index (Phi) is 4.93. The van der Waals surface area contributed by atoms with Gasteiger partial charge in [0.05, 0.1) is 0 Å². The van der Waals surface area contributed by atoms with Crippen molar-refractivity contribution in [2.75, 3.05) is 13.6 Å². The Morgan fingerprint density at radius 1 is 1.35 bits per heavy atom. The number of carbonyl (C=O) groups is 1. The first-order chi connectivity index (χ1) is 9.56. The second-order valence-corrected chi connectivity index (χ2v) is 6.00. The minimum atomic E-state index is 0.0208. The summed E-state index contributed by atoms with van der Waals surface area (Å²) in [5.41, 5.74) is 1.44. The molecule has 20 heavy (non-hydrogen) atoms. The summed E-state index contributed by atoms with van der Waals surface area (Å²) in [5, 5.41) is 12.0. The molecule has 0 spiro atoms. The number of hydrogen-bond acceptors (Lipinski definition) is 4. The molecule has 1 aromatic heterocycles. The third kappa shape index (κ3) is 3.92. The highest BCUT2D eigenvalue weighted by molar-refractivity contribution is 7.09. The van der Waals surface area contributed by atoms with E-state index in [4.69, 9.17) is 0 Å². The largest absolute Gasteiger partial charge is 0.508 e. The fraction of sp³-hybridized carbons (Fsp3) is 0.312. The number of ketones is 1. The van der Waals surface area contributed by atoms with Crippen molar-refractivity contribution in [1.29, 1.82) is 0 Å². The van der Waals surface area contributed by atoms with Gasteiger partial charge in [-0.2, -0.15) is 0 Å². The highest BCUT2D eigenvalue weighted by atomic mass is 32.1. The van der Waals surface area contributed by atoms with E-state index < -0.39 is 0 Å². The molecule has 0 radical (unpaired) electrons. The molecule has 3 nitrogen and oxygen atoms in total. The molecule has 0 aliphatic heterocycles. The van der Waals surface area contributed by atoms with Crippen LogP contribution in [0.2, 0.25) is 0 Å². The molecule has 1 aromatic carbocycles.